The maximum absolute atomic E-state index is 9.47. The standard InChI is InChI=1S/3CH5O4P.3Na.3H/c3*1-5-6(2,3)4;;;;;;/h3*1H3,(H2,2,3,4);;;;;;. The van der Waals surface area contributed by atoms with Crippen molar-refractivity contribution >= 4 is 112 Å². The molecule has 12 nitrogen and oxygen atoms in total. The van der Waals surface area contributed by atoms with Crippen LogP contribution in [0.1, 0.15) is 0 Å². The third-order valence-electron chi connectivity index (χ3n) is 0.714. The second-order valence-electron chi connectivity index (χ2n) is 2.02. The van der Waals surface area contributed by atoms with Crippen LogP contribution in [-0.2, 0) is 27.3 Å². The molecule has 0 saturated heterocycles. The Morgan fingerprint density at radius 3 is 0.571 bits per heavy atom. The molecule has 0 radical (unpaired) electrons. The Morgan fingerprint density at radius 1 is 0.524 bits per heavy atom. The summed E-state index contributed by atoms with van der Waals surface area (Å²) in [5.41, 5.74) is 0. The van der Waals surface area contributed by atoms with Crippen molar-refractivity contribution in [3.8, 4) is 0 Å². The van der Waals surface area contributed by atoms with Gasteiger partial charge in [0.25, 0.3) is 0 Å². The molecule has 0 fully saturated rings. The predicted octanol–water partition coefficient (Wildman–Crippen LogP) is -2.77. The van der Waals surface area contributed by atoms with Crippen molar-refractivity contribution in [1.82, 2.24) is 0 Å². The van der Waals surface area contributed by atoms with Crippen molar-refractivity contribution in [1.29, 1.82) is 0 Å². The molecule has 6 N–H and O–H groups in total. The average molecular weight is 408 g/mol. The summed E-state index contributed by atoms with van der Waals surface area (Å²) in [7, 11) is -9.60. The summed E-state index contributed by atoms with van der Waals surface area (Å²) in [6.45, 7) is 0. The van der Waals surface area contributed by atoms with Gasteiger partial charge in [-0.15, -0.1) is 0 Å². The van der Waals surface area contributed by atoms with E-state index >= 15 is 0 Å². The van der Waals surface area contributed by atoms with E-state index in [1.807, 2.05) is 0 Å². The molecule has 0 aliphatic rings. The third-order valence-corrected chi connectivity index (χ3v) is 2.14. The molecule has 18 heteroatoms. The van der Waals surface area contributed by atoms with E-state index in [9.17, 15) is 13.7 Å². The summed E-state index contributed by atoms with van der Waals surface area (Å²) in [6, 6.07) is 0. The fourth-order valence-electron chi connectivity index (χ4n) is 0. The summed E-state index contributed by atoms with van der Waals surface area (Å²) < 4.78 is 39.2. The van der Waals surface area contributed by atoms with Gasteiger partial charge in [-0.2, -0.15) is 0 Å². The van der Waals surface area contributed by atoms with Crippen LogP contribution in [0.15, 0.2) is 0 Å². The van der Waals surface area contributed by atoms with Gasteiger partial charge in [0.1, 0.15) is 0 Å². The average Bonchev–Trinajstić information content (AvgIpc) is 2.16. The predicted molar refractivity (Wildman–Crippen MR) is 78.6 cm³/mol. The number of phosphoric acid groups is 3. The van der Waals surface area contributed by atoms with Gasteiger partial charge in [-0.3, -0.25) is 13.6 Å². The molecule has 0 heterocycles. The van der Waals surface area contributed by atoms with Crippen LogP contribution < -0.4 is 0 Å². The van der Waals surface area contributed by atoms with Crippen molar-refractivity contribution < 1.29 is 56.6 Å². The number of phosphoric ester groups is 3. The molecule has 0 aromatic carbocycles. The fourth-order valence-corrected chi connectivity index (χ4v) is 0. The first kappa shape index (κ1) is 39.4. The first-order valence-corrected chi connectivity index (χ1v) is 8.11. The van der Waals surface area contributed by atoms with E-state index in [-0.39, 0.29) is 88.7 Å². The van der Waals surface area contributed by atoms with Crippen molar-refractivity contribution in [2.24, 2.45) is 0 Å². The topological polar surface area (TPSA) is 200 Å². The van der Waals surface area contributed by atoms with Crippen LogP contribution in [0.2, 0.25) is 0 Å². The Kier molecular flexibility index (Phi) is 36.9. The van der Waals surface area contributed by atoms with Crippen molar-refractivity contribution in [2.75, 3.05) is 21.3 Å². The zero-order valence-electron chi connectivity index (χ0n) is 9.47. The molecule has 0 bridgehead atoms. The Labute approximate surface area is 187 Å². The molecule has 0 amide bonds. The van der Waals surface area contributed by atoms with E-state index in [2.05, 4.69) is 13.6 Å². The monoisotopic (exact) mass is 408 g/mol. The minimum absolute atomic E-state index is 0. The quantitative estimate of drug-likeness (QED) is 0.208. The van der Waals surface area contributed by atoms with Gasteiger partial charge in [0.2, 0.25) is 0 Å². The molecular weight excluding hydrogens is 390 g/mol. The van der Waals surface area contributed by atoms with E-state index in [1.165, 1.54) is 0 Å². The molecule has 21 heavy (non-hydrogen) atoms. The van der Waals surface area contributed by atoms with Crippen LogP contribution in [0.25, 0.3) is 0 Å². The molecule has 0 aromatic rings. The van der Waals surface area contributed by atoms with E-state index < -0.39 is 23.5 Å². The van der Waals surface area contributed by atoms with E-state index in [0.717, 1.165) is 21.3 Å². The molecule has 0 spiro atoms. The zero-order valence-corrected chi connectivity index (χ0v) is 12.2. The molecule has 0 atom stereocenters. The summed E-state index contributed by atoms with van der Waals surface area (Å²) in [6.07, 6.45) is 0. The van der Waals surface area contributed by atoms with Gasteiger partial charge in [-0.05, 0) is 0 Å². The minimum atomic E-state index is -4.15. The summed E-state index contributed by atoms with van der Waals surface area (Å²) in [5.74, 6) is 0. The van der Waals surface area contributed by atoms with Crippen LogP contribution >= 0.6 is 23.5 Å². The van der Waals surface area contributed by atoms with Crippen LogP contribution in [0.3, 0.4) is 0 Å². The fraction of sp³-hybridized carbons (Fsp3) is 1.00. The molecular formula is C3H18Na3O12P3. The van der Waals surface area contributed by atoms with Gasteiger partial charge in [0.05, 0.1) is 0 Å². The molecule has 0 aromatic heterocycles. The van der Waals surface area contributed by atoms with Crippen LogP contribution in [0.5, 0.6) is 0 Å². The second-order valence-corrected chi connectivity index (χ2v) is 6.06. The third kappa shape index (κ3) is 69.8. The maximum atomic E-state index is 9.47. The SMILES string of the molecule is COP(=O)(O)O.COP(=O)(O)O.COP(=O)(O)O.[NaH].[NaH].[NaH]. The van der Waals surface area contributed by atoms with Crippen LogP contribution in [0.4, 0.5) is 0 Å². The molecule has 0 unspecified atom stereocenters. The Balaban J connectivity index is -0.0000000375. The van der Waals surface area contributed by atoms with E-state index in [0.29, 0.717) is 0 Å². The van der Waals surface area contributed by atoms with Gasteiger partial charge in [-0.1, -0.05) is 0 Å². The van der Waals surface area contributed by atoms with Crippen molar-refractivity contribution in [3.05, 3.63) is 0 Å². The molecule has 120 valence electrons. The number of rotatable bonds is 3. The normalized spacial score (nSPS) is 10.1. The van der Waals surface area contributed by atoms with E-state index in [4.69, 9.17) is 29.4 Å². The first-order chi connectivity index (χ1) is 7.68. The van der Waals surface area contributed by atoms with Crippen molar-refractivity contribution in [3.63, 3.8) is 0 Å². The first-order valence-electron chi connectivity index (χ1n) is 3.52. The Hall–Kier alpha value is 3.33. The van der Waals surface area contributed by atoms with E-state index in [1.54, 1.807) is 0 Å². The Morgan fingerprint density at radius 2 is 0.571 bits per heavy atom. The van der Waals surface area contributed by atoms with Gasteiger partial charge >= 0.3 is 112 Å². The summed E-state index contributed by atoms with van der Waals surface area (Å²) >= 11 is 0. The van der Waals surface area contributed by atoms with Crippen LogP contribution in [0, 0.1) is 0 Å². The second kappa shape index (κ2) is 19.7. The molecule has 0 saturated carbocycles. The molecule has 0 rings (SSSR count). The number of hydrogen-bond donors (Lipinski definition) is 6. The van der Waals surface area contributed by atoms with Crippen molar-refractivity contribution in [2.45, 2.75) is 0 Å². The van der Waals surface area contributed by atoms with Crippen LogP contribution in [-0.4, -0.2) is 139 Å². The molecule has 0 aliphatic heterocycles. The van der Waals surface area contributed by atoms with Gasteiger partial charge < -0.3 is 29.4 Å². The van der Waals surface area contributed by atoms with Gasteiger partial charge in [-0.25, -0.2) is 13.7 Å². The van der Waals surface area contributed by atoms with Gasteiger partial charge in [0, 0.05) is 21.3 Å². The Bertz CT molecular complexity index is 280. The number of hydrogen-bond acceptors (Lipinski definition) is 6. The van der Waals surface area contributed by atoms with Gasteiger partial charge in [0.15, 0.2) is 0 Å². The zero-order chi connectivity index (χ0) is 15.6. The summed E-state index contributed by atoms with van der Waals surface area (Å²) in [5, 5.41) is 0. The summed E-state index contributed by atoms with van der Waals surface area (Å²) in [4.78, 5) is 46.3. The molecule has 0 aliphatic carbocycles.